The number of hydrogen-bond acceptors (Lipinski definition) is 7. The van der Waals surface area contributed by atoms with Gasteiger partial charge in [0.15, 0.2) is 5.82 Å². The molecule has 0 bridgehead atoms. The molecular formula is C21H19N7OS. The van der Waals surface area contributed by atoms with Crippen LogP contribution in [0.1, 0.15) is 23.9 Å². The number of fused-ring (bicyclic) bond motifs is 1. The molecule has 0 aliphatic carbocycles. The van der Waals surface area contributed by atoms with Crippen molar-refractivity contribution in [2.24, 2.45) is 0 Å². The van der Waals surface area contributed by atoms with Gasteiger partial charge < -0.3 is 10.1 Å². The minimum absolute atomic E-state index is 0.0864. The first-order valence-electron chi connectivity index (χ1n) is 9.29. The highest BCUT2D eigenvalue weighted by Gasteiger charge is 2.22. The Morgan fingerprint density at radius 2 is 2.03 bits per heavy atom. The summed E-state index contributed by atoms with van der Waals surface area (Å²) >= 11 is 1.26. The van der Waals surface area contributed by atoms with E-state index in [1.807, 2.05) is 50.2 Å². The van der Waals surface area contributed by atoms with Crippen molar-refractivity contribution in [1.82, 2.24) is 30.2 Å². The number of nitriles is 1. The molecule has 0 aliphatic rings. The third-order valence-electron chi connectivity index (χ3n) is 4.68. The van der Waals surface area contributed by atoms with Crippen LogP contribution < -0.4 is 0 Å². The summed E-state index contributed by atoms with van der Waals surface area (Å²) < 4.78 is 1.64. The van der Waals surface area contributed by atoms with Crippen LogP contribution >= 0.6 is 11.8 Å². The molecule has 0 aliphatic heterocycles. The van der Waals surface area contributed by atoms with E-state index in [0.29, 0.717) is 11.0 Å². The van der Waals surface area contributed by atoms with E-state index in [0.717, 1.165) is 27.8 Å². The summed E-state index contributed by atoms with van der Waals surface area (Å²) in [5.74, 6) is 0.245. The van der Waals surface area contributed by atoms with Gasteiger partial charge >= 0.3 is 0 Å². The number of allylic oxidation sites excluding steroid dienone is 1. The van der Waals surface area contributed by atoms with Crippen molar-refractivity contribution in [3.8, 4) is 11.8 Å². The van der Waals surface area contributed by atoms with Crippen LogP contribution in [0.3, 0.4) is 0 Å². The van der Waals surface area contributed by atoms with E-state index >= 15 is 0 Å². The summed E-state index contributed by atoms with van der Waals surface area (Å²) in [4.78, 5) is 7.50. The molecule has 2 N–H and O–H groups in total. The first kappa shape index (κ1) is 19.7. The Morgan fingerprint density at radius 3 is 2.77 bits per heavy atom. The Bertz CT molecular complexity index is 1270. The van der Waals surface area contributed by atoms with Crippen LogP contribution in [-0.4, -0.2) is 40.5 Å². The van der Waals surface area contributed by atoms with Crippen LogP contribution in [0.4, 0.5) is 0 Å². The van der Waals surface area contributed by atoms with E-state index in [2.05, 4.69) is 37.6 Å². The number of aliphatic hydroxyl groups is 1. The lowest BCUT2D eigenvalue weighted by Gasteiger charge is -2.12. The highest BCUT2D eigenvalue weighted by atomic mass is 32.2. The van der Waals surface area contributed by atoms with Crippen LogP contribution in [0.2, 0.25) is 0 Å². The first-order chi connectivity index (χ1) is 14.5. The van der Waals surface area contributed by atoms with E-state index in [1.54, 1.807) is 11.6 Å². The van der Waals surface area contributed by atoms with Gasteiger partial charge in [-0.2, -0.15) is 9.94 Å². The van der Waals surface area contributed by atoms with Crippen LogP contribution in [0.5, 0.6) is 0 Å². The largest absolute Gasteiger partial charge is 0.510 e. The minimum Gasteiger partial charge on any atom is -0.510 e. The lowest BCUT2D eigenvalue weighted by atomic mass is 10.1. The highest BCUT2D eigenvalue weighted by Crippen LogP contribution is 2.30. The van der Waals surface area contributed by atoms with Gasteiger partial charge in [-0.15, -0.1) is 5.10 Å². The average molecular weight is 417 g/mol. The number of tetrazole rings is 1. The second kappa shape index (κ2) is 8.00. The van der Waals surface area contributed by atoms with Gasteiger partial charge in [-0.25, -0.2) is 4.98 Å². The van der Waals surface area contributed by atoms with Crippen molar-refractivity contribution >= 4 is 28.4 Å². The molecule has 4 aromatic rings. The number of aliphatic hydroxyl groups excluding tert-OH is 1. The fraction of sp³-hybridized carbons (Fsp3) is 0.190. The number of rotatable bonds is 5. The van der Waals surface area contributed by atoms with Crippen LogP contribution in [0.25, 0.3) is 22.3 Å². The second-order valence-corrected chi connectivity index (χ2v) is 8.21. The normalized spacial score (nSPS) is 13.1. The molecule has 0 radical (unpaired) electrons. The molecule has 0 fully saturated rings. The third kappa shape index (κ3) is 3.65. The summed E-state index contributed by atoms with van der Waals surface area (Å²) in [6.45, 7) is 5.81. The third-order valence-corrected chi connectivity index (χ3v) is 5.72. The summed E-state index contributed by atoms with van der Waals surface area (Å²) in [6.07, 6.45) is 0. The maximum Gasteiger partial charge on any atom is 0.214 e. The van der Waals surface area contributed by atoms with Gasteiger partial charge in [-0.1, -0.05) is 41.6 Å². The van der Waals surface area contributed by atoms with Crippen LogP contribution in [0, 0.1) is 25.2 Å². The topological polar surface area (TPSA) is 116 Å². The van der Waals surface area contributed by atoms with Crippen molar-refractivity contribution in [2.45, 2.75) is 31.2 Å². The molecule has 2 aromatic carbocycles. The number of para-hydroxylation sites is 2. The Morgan fingerprint density at radius 1 is 1.23 bits per heavy atom. The molecule has 0 unspecified atom stereocenters. The smallest absolute Gasteiger partial charge is 0.214 e. The second-order valence-electron chi connectivity index (χ2n) is 6.90. The molecule has 8 nitrogen and oxygen atoms in total. The number of H-pyrrole nitrogens is 1. The molecule has 0 spiro atoms. The summed E-state index contributed by atoms with van der Waals surface area (Å²) in [5.41, 5.74) is 4.67. The highest BCUT2D eigenvalue weighted by molar-refractivity contribution is 7.99. The predicted molar refractivity (Wildman–Crippen MR) is 115 cm³/mol. The standard InChI is InChI=1S/C21H19N7OS/c1-12-8-9-18(13(2)10-12)28-21(25-26-27-28)30-14(3)19(29)15(11-22)20-23-16-6-4-5-7-17(16)24-20/h4-10,14,29H,1-3H3,(H,23,24)/b19-15-/t14-/m0/s1. The molecule has 2 heterocycles. The van der Waals surface area contributed by atoms with Crippen LogP contribution in [-0.2, 0) is 0 Å². The molecule has 0 saturated heterocycles. The van der Waals surface area contributed by atoms with E-state index < -0.39 is 5.25 Å². The molecule has 2 aromatic heterocycles. The zero-order valence-electron chi connectivity index (χ0n) is 16.7. The molecule has 0 amide bonds. The number of nitrogens with one attached hydrogen (secondary N) is 1. The predicted octanol–water partition coefficient (Wildman–Crippen LogP) is 4.13. The maximum atomic E-state index is 10.8. The molecule has 1 atom stereocenters. The quantitative estimate of drug-likeness (QED) is 0.285. The van der Waals surface area contributed by atoms with E-state index in [1.165, 1.54) is 11.8 Å². The maximum absolute atomic E-state index is 10.8. The number of aromatic amines is 1. The zero-order valence-corrected chi connectivity index (χ0v) is 17.5. The van der Waals surface area contributed by atoms with Crippen molar-refractivity contribution in [3.63, 3.8) is 0 Å². The monoisotopic (exact) mass is 417 g/mol. The van der Waals surface area contributed by atoms with Gasteiger partial charge in [0, 0.05) is 0 Å². The van der Waals surface area contributed by atoms with E-state index in [9.17, 15) is 10.4 Å². The SMILES string of the molecule is Cc1ccc(-n2nnnc2S[C@@H](C)/C(O)=C(\C#N)c2nc3ccccc3[nH]2)c(C)c1. The van der Waals surface area contributed by atoms with Crippen LogP contribution in [0.15, 0.2) is 53.4 Å². The van der Waals surface area contributed by atoms with Crippen molar-refractivity contribution in [1.29, 1.82) is 5.26 Å². The lowest BCUT2D eigenvalue weighted by Crippen LogP contribution is -2.08. The number of hydrogen-bond donors (Lipinski definition) is 2. The Labute approximate surface area is 177 Å². The number of benzene rings is 2. The van der Waals surface area contributed by atoms with E-state index in [-0.39, 0.29) is 11.3 Å². The molecule has 0 saturated carbocycles. The number of nitrogens with zero attached hydrogens (tertiary/aromatic N) is 6. The lowest BCUT2D eigenvalue weighted by molar-refractivity contribution is 0.401. The van der Waals surface area contributed by atoms with Gasteiger partial charge in [-0.05, 0) is 55.0 Å². The zero-order chi connectivity index (χ0) is 21.3. The molecule has 150 valence electrons. The van der Waals surface area contributed by atoms with Gasteiger partial charge in [-0.3, -0.25) is 0 Å². The molecular weight excluding hydrogens is 398 g/mol. The summed E-state index contributed by atoms with van der Waals surface area (Å²) in [5, 5.41) is 32.5. The molecule has 9 heteroatoms. The molecule has 30 heavy (non-hydrogen) atoms. The van der Waals surface area contributed by atoms with Crippen molar-refractivity contribution in [2.75, 3.05) is 0 Å². The number of aromatic nitrogens is 6. The van der Waals surface area contributed by atoms with E-state index in [4.69, 9.17) is 0 Å². The summed E-state index contributed by atoms with van der Waals surface area (Å²) in [6, 6.07) is 15.5. The van der Waals surface area contributed by atoms with Gasteiger partial charge in [0.1, 0.15) is 17.4 Å². The number of aryl methyl sites for hydroxylation is 2. The fourth-order valence-electron chi connectivity index (χ4n) is 3.17. The van der Waals surface area contributed by atoms with Crippen molar-refractivity contribution in [3.05, 3.63) is 65.2 Å². The summed E-state index contributed by atoms with van der Waals surface area (Å²) in [7, 11) is 0. The van der Waals surface area contributed by atoms with Gasteiger partial charge in [0.05, 0.1) is 22.0 Å². The minimum atomic E-state index is -0.469. The average Bonchev–Trinajstić information content (AvgIpc) is 3.35. The number of thioether (sulfide) groups is 1. The number of imidazole rings is 1. The Balaban J connectivity index is 1.66. The Kier molecular flexibility index (Phi) is 5.25. The van der Waals surface area contributed by atoms with Gasteiger partial charge in [0.2, 0.25) is 5.16 Å². The van der Waals surface area contributed by atoms with Crippen molar-refractivity contribution < 1.29 is 5.11 Å². The van der Waals surface area contributed by atoms with Gasteiger partial charge in [0.25, 0.3) is 0 Å². The molecule has 4 rings (SSSR count). The Hall–Kier alpha value is -3.64. The fourth-order valence-corrected chi connectivity index (χ4v) is 4.03. The first-order valence-corrected chi connectivity index (χ1v) is 10.2.